The van der Waals surface area contributed by atoms with E-state index in [9.17, 15) is 0 Å². The first-order chi connectivity index (χ1) is 5.66. The molecule has 1 atom stereocenters. The van der Waals surface area contributed by atoms with Crippen molar-refractivity contribution in [3.8, 4) is 0 Å². The molecule has 0 spiro atoms. The largest absolute Gasteiger partial charge is 0.239 e. The van der Waals surface area contributed by atoms with Gasteiger partial charge >= 0.3 is 0 Å². The zero-order valence-electron chi connectivity index (χ0n) is 8.48. The maximum Gasteiger partial charge on any atom is 0.239 e. The van der Waals surface area contributed by atoms with Crippen molar-refractivity contribution in [2.24, 2.45) is 0 Å². The van der Waals surface area contributed by atoms with E-state index in [4.69, 9.17) is 0 Å². The number of rotatable bonds is 3. The van der Waals surface area contributed by atoms with Crippen molar-refractivity contribution in [3.05, 3.63) is 15.6 Å². The fourth-order valence-electron chi connectivity index (χ4n) is 1.36. The van der Waals surface area contributed by atoms with E-state index in [0.29, 0.717) is 10.5 Å². The highest BCUT2D eigenvalue weighted by molar-refractivity contribution is 7.30. The third-order valence-corrected chi connectivity index (χ3v) is 4.80. The van der Waals surface area contributed by atoms with E-state index in [1.54, 1.807) is 0 Å². The molecule has 0 radical (unpaired) electrons. The molecule has 68 valence electrons. The first kappa shape index (κ1) is 9.72. The highest BCUT2D eigenvalue weighted by Crippen LogP contribution is 2.32. The van der Waals surface area contributed by atoms with Gasteiger partial charge in [-0.25, -0.2) is 4.98 Å². The maximum atomic E-state index is 4.51. The van der Waals surface area contributed by atoms with Crippen LogP contribution in [-0.2, 0) is 5.75 Å². The number of aryl methyl sites for hydroxylation is 2. The second kappa shape index (κ2) is 4.04. The Morgan fingerprint density at radius 1 is 1.25 bits per heavy atom. The van der Waals surface area contributed by atoms with E-state index in [0.717, 1.165) is 0 Å². The summed E-state index contributed by atoms with van der Waals surface area (Å²) >= 11 is 0. The van der Waals surface area contributed by atoms with Crippen molar-refractivity contribution in [2.75, 3.05) is 0 Å². The lowest BCUT2D eigenvalue weighted by Gasteiger charge is -1.90. The Labute approximate surface area is 77.8 Å². The van der Waals surface area contributed by atoms with Gasteiger partial charge in [-0.15, -0.1) is 0 Å². The third-order valence-electron chi connectivity index (χ3n) is 2.26. The van der Waals surface area contributed by atoms with Gasteiger partial charge in [0, 0.05) is 24.3 Å². The van der Waals surface area contributed by atoms with Crippen LogP contribution in [0.1, 0.15) is 35.3 Å². The molecule has 0 aliphatic carbocycles. The van der Waals surface area contributed by atoms with Gasteiger partial charge in [-0.2, -0.15) is 0 Å². The van der Waals surface area contributed by atoms with Gasteiger partial charge in [-0.05, 0) is 13.3 Å². The predicted octanol–water partition coefficient (Wildman–Crippen LogP) is 3.56. The minimum absolute atomic E-state index is 0.383. The SMILES string of the molecule is CCCC[s+]1c(C)nc(C)c1C. The number of unbranched alkanes of at least 4 members (excludes halogenated alkanes) is 1. The Kier molecular flexibility index (Phi) is 3.27. The molecule has 1 heterocycles. The Hall–Kier alpha value is -0.370. The van der Waals surface area contributed by atoms with Crippen LogP contribution in [0.25, 0.3) is 0 Å². The average Bonchev–Trinajstić information content (AvgIpc) is 2.25. The smallest absolute Gasteiger partial charge is 0.202 e. The van der Waals surface area contributed by atoms with E-state index in [1.807, 2.05) is 0 Å². The molecular formula is C10H18NS+. The van der Waals surface area contributed by atoms with E-state index in [-0.39, 0.29) is 0 Å². The summed E-state index contributed by atoms with van der Waals surface area (Å²) in [4.78, 5) is 6.03. The Morgan fingerprint density at radius 2 is 1.92 bits per heavy atom. The van der Waals surface area contributed by atoms with Gasteiger partial charge in [-0.3, -0.25) is 0 Å². The summed E-state index contributed by atoms with van der Waals surface area (Å²) in [7, 11) is 0.383. The molecule has 1 unspecified atom stereocenters. The minimum atomic E-state index is 0.383. The number of nitrogens with zero attached hydrogens (tertiary/aromatic N) is 1. The lowest BCUT2D eigenvalue weighted by Crippen LogP contribution is -1.77. The van der Waals surface area contributed by atoms with Crippen LogP contribution in [0.5, 0.6) is 0 Å². The molecule has 0 N–H and O–H groups in total. The van der Waals surface area contributed by atoms with Crippen molar-refractivity contribution >= 4 is 10.5 Å². The third kappa shape index (κ3) is 1.86. The molecule has 0 aliphatic rings. The van der Waals surface area contributed by atoms with Crippen LogP contribution in [0.4, 0.5) is 0 Å². The standard InChI is InChI=1S/C10H18NS/c1-5-6-7-12-9(3)8(2)11-10(12)4/h5-7H2,1-4H3/q+1. The van der Waals surface area contributed by atoms with Gasteiger partial charge < -0.3 is 0 Å². The lowest BCUT2D eigenvalue weighted by atomic mass is 10.4. The molecule has 0 aromatic carbocycles. The summed E-state index contributed by atoms with van der Waals surface area (Å²) in [6.45, 7) is 8.77. The van der Waals surface area contributed by atoms with Crippen LogP contribution in [0.15, 0.2) is 0 Å². The fourth-order valence-corrected chi connectivity index (χ4v) is 3.63. The molecule has 0 fully saturated rings. The van der Waals surface area contributed by atoms with E-state index in [1.165, 1.54) is 34.2 Å². The Balaban J connectivity index is 2.82. The van der Waals surface area contributed by atoms with Crippen molar-refractivity contribution in [1.82, 2.24) is 4.98 Å². The Morgan fingerprint density at radius 3 is 2.33 bits per heavy atom. The normalized spacial score (nSPS) is 12.2. The number of thiazole rings is 1. The van der Waals surface area contributed by atoms with Crippen molar-refractivity contribution in [3.63, 3.8) is 0 Å². The molecule has 0 aliphatic heterocycles. The van der Waals surface area contributed by atoms with Crippen LogP contribution >= 0.6 is 10.5 Å². The molecule has 1 aromatic rings. The molecule has 0 amide bonds. The van der Waals surface area contributed by atoms with Crippen LogP contribution in [0.3, 0.4) is 0 Å². The van der Waals surface area contributed by atoms with Crippen LogP contribution < -0.4 is 0 Å². The highest BCUT2D eigenvalue weighted by Gasteiger charge is 2.18. The second-order valence-electron chi connectivity index (χ2n) is 3.22. The first-order valence-electron chi connectivity index (χ1n) is 4.60. The van der Waals surface area contributed by atoms with Crippen LogP contribution in [-0.4, -0.2) is 4.98 Å². The van der Waals surface area contributed by atoms with Crippen molar-refractivity contribution in [2.45, 2.75) is 46.3 Å². The predicted molar refractivity (Wildman–Crippen MR) is 55.8 cm³/mol. The van der Waals surface area contributed by atoms with Gasteiger partial charge in [0.05, 0.1) is 5.69 Å². The van der Waals surface area contributed by atoms with Crippen molar-refractivity contribution in [1.29, 1.82) is 0 Å². The summed E-state index contributed by atoms with van der Waals surface area (Å²) in [5.74, 6) is 1.31. The zero-order chi connectivity index (χ0) is 9.14. The molecule has 1 nitrogen and oxygen atoms in total. The monoisotopic (exact) mass is 184 g/mol. The second-order valence-corrected chi connectivity index (χ2v) is 5.61. The molecule has 12 heavy (non-hydrogen) atoms. The molecule has 1 aromatic heterocycles. The van der Waals surface area contributed by atoms with Gasteiger partial charge in [0.2, 0.25) is 5.01 Å². The fraction of sp³-hybridized carbons (Fsp3) is 0.700. The molecule has 0 saturated carbocycles. The van der Waals surface area contributed by atoms with Gasteiger partial charge in [0.15, 0.2) is 4.88 Å². The highest BCUT2D eigenvalue weighted by atomic mass is 32.2. The molecular weight excluding hydrogens is 166 g/mol. The van der Waals surface area contributed by atoms with Gasteiger partial charge in [0.1, 0.15) is 5.75 Å². The van der Waals surface area contributed by atoms with Gasteiger partial charge in [-0.1, -0.05) is 13.3 Å². The molecule has 1 rings (SSSR count). The number of aromatic nitrogens is 1. The summed E-state index contributed by atoms with van der Waals surface area (Å²) < 4.78 is 0. The summed E-state index contributed by atoms with van der Waals surface area (Å²) in [5.41, 5.74) is 1.26. The van der Waals surface area contributed by atoms with E-state index < -0.39 is 0 Å². The zero-order valence-corrected chi connectivity index (χ0v) is 9.29. The summed E-state index contributed by atoms with van der Waals surface area (Å²) in [6.07, 6.45) is 2.63. The quantitative estimate of drug-likeness (QED) is 0.655. The van der Waals surface area contributed by atoms with Crippen LogP contribution in [0.2, 0.25) is 0 Å². The summed E-state index contributed by atoms with van der Waals surface area (Å²) in [5, 5.41) is 1.35. The molecule has 0 saturated heterocycles. The topological polar surface area (TPSA) is 12.9 Å². The molecule has 2 heteroatoms. The maximum absolute atomic E-state index is 4.51. The van der Waals surface area contributed by atoms with E-state index >= 15 is 0 Å². The lowest BCUT2D eigenvalue weighted by molar-refractivity contribution is 0.852. The number of hydrogen-bond acceptors (Lipinski definition) is 1. The van der Waals surface area contributed by atoms with Crippen molar-refractivity contribution < 1.29 is 0 Å². The minimum Gasteiger partial charge on any atom is -0.202 e. The average molecular weight is 184 g/mol. The molecule has 0 bridgehead atoms. The van der Waals surface area contributed by atoms with E-state index in [2.05, 4.69) is 32.7 Å². The number of hydrogen-bond donors (Lipinski definition) is 0. The first-order valence-corrected chi connectivity index (χ1v) is 6.00. The summed E-state index contributed by atoms with van der Waals surface area (Å²) in [6, 6.07) is 0. The Bertz CT molecular complexity index is 263. The van der Waals surface area contributed by atoms with Gasteiger partial charge in [0.25, 0.3) is 0 Å². The van der Waals surface area contributed by atoms with Crippen LogP contribution in [0, 0.1) is 20.8 Å².